The minimum absolute atomic E-state index is 0.324. The van der Waals surface area contributed by atoms with Crippen molar-refractivity contribution in [3.05, 3.63) is 35.9 Å². The largest absolute Gasteiger partial charge is 0.469 e. The highest BCUT2D eigenvalue weighted by molar-refractivity contribution is 5.00. The molecule has 5 heteroatoms. The van der Waals surface area contributed by atoms with E-state index < -0.39 is 6.10 Å². The van der Waals surface area contributed by atoms with Crippen molar-refractivity contribution in [3.63, 3.8) is 0 Å². The van der Waals surface area contributed by atoms with E-state index in [9.17, 15) is 5.11 Å². The number of aryl methyl sites for hydroxylation is 2. The van der Waals surface area contributed by atoms with Gasteiger partial charge in [-0.3, -0.25) is 0 Å². The quantitative estimate of drug-likeness (QED) is 0.824. The van der Waals surface area contributed by atoms with E-state index in [2.05, 4.69) is 10.1 Å². The first-order valence-electron chi connectivity index (χ1n) is 4.78. The van der Waals surface area contributed by atoms with Crippen LogP contribution in [-0.4, -0.2) is 15.2 Å². The van der Waals surface area contributed by atoms with Crippen LogP contribution in [0, 0.1) is 0 Å². The Bertz CT molecular complexity index is 406. The van der Waals surface area contributed by atoms with Crippen LogP contribution in [0.4, 0.5) is 0 Å². The maximum absolute atomic E-state index is 9.19. The summed E-state index contributed by atoms with van der Waals surface area (Å²) in [7, 11) is 0. The summed E-state index contributed by atoms with van der Waals surface area (Å²) in [5.74, 6) is 1.72. The lowest BCUT2D eigenvalue weighted by atomic mass is 10.2. The van der Waals surface area contributed by atoms with Gasteiger partial charge in [-0.15, -0.1) is 0 Å². The zero-order valence-corrected chi connectivity index (χ0v) is 8.38. The van der Waals surface area contributed by atoms with Gasteiger partial charge in [0.05, 0.1) is 6.26 Å². The Hall–Kier alpha value is -1.62. The Morgan fingerprint density at radius 1 is 1.47 bits per heavy atom. The Labute approximate surface area is 86.7 Å². The average molecular weight is 208 g/mol. The van der Waals surface area contributed by atoms with Crippen molar-refractivity contribution >= 4 is 0 Å². The summed E-state index contributed by atoms with van der Waals surface area (Å²) >= 11 is 0. The molecule has 0 saturated carbocycles. The van der Waals surface area contributed by atoms with E-state index in [1.807, 2.05) is 12.1 Å². The van der Waals surface area contributed by atoms with E-state index in [4.69, 9.17) is 8.94 Å². The Balaban J connectivity index is 1.94. The molecule has 1 N–H and O–H groups in total. The van der Waals surface area contributed by atoms with Crippen molar-refractivity contribution in [3.8, 4) is 0 Å². The van der Waals surface area contributed by atoms with Gasteiger partial charge < -0.3 is 14.0 Å². The number of furan rings is 1. The molecule has 0 aliphatic carbocycles. The van der Waals surface area contributed by atoms with Gasteiger partial charge in [-0.1, -0.05) is 5.16 Å². The number of aliphatic hydroxyl groups is 1. The summed E-state index contributed by atoms with van der Waals surface area (Å²) in [6, 6.07) is 3.73. The maximum Gasteiger partial charge on any atom is 0.227 e. The van der Waals surface area contributed by atoms with Gasteiger partial charge in [-0.2, -0.15) is 4.98 Å². The molecule has 0 radical (unpaired) electrons. The van der Waals surface area contributed by atoms with Crippen LogP contribution >= 0.6 is 0 Å². The Morgan fingerprint density at radius 2 is 2.33 bits per heavy atom. The summed E-state index contributed by atoms with van der Waals surface area (Å²) in [5, 5.41) is 12.8. The zero-order valence-electron chi connectivity index (χ0n) is 8.38. The van der Waals surface area contributed by atoms with Crippen molar-refractivity contribution in [1.29, 1.82) is 0 Å². The van der Waals surface area contributed by atoms with Crippen LogP contribution in [0.3, 0.4) is 0 Å². The molecule has 1 unspecified atom stereocenters. The molecule has 0 aliphatic rings. The monoisotopic (exact) mass is 208 g/mol. The zero-order chi connectivity index (χ0) is 10.7. The van der Waals surface area contributed by atoms with Crippen LogP contribution in [0.1, 0.15) is 30.5 Å². The highest BCUT2D eigenvalue weighted by atomic mass is 16.5. The molecule has 0 aromatic carbocycles. The molecular formula is C10H12N2O3. The average Bonchev–Trinajstić information content (AvgIpc) is 2.86. The van der Waals surface area contributed by atoms with E-state index in [-0.39, 0.29) is 0 Å². The number of aromatic nitrogens is 2. The van der Waals surface area contributed by atoms with Crippen LogP contribution < -0.4 is 0 Å². The van der Waals surface area contributed by atoms with Gasteiger partial charge in [0.15, 0.2) is 5.82 Å². The van der Waals surface area contributed by atoms with Crippen molar-refractivity contribution in [1.82, 2.24) is 10.1 Å². The summed E-state index contributed by atoms with van der Waals surface area (Å²) in [4.78, 5) is 4.04. The Morgan fingerprint density at radius 3 is 2.93 bits per heavy atom. The van der Waals surface area contributed by atoms with Crippen LogP contribution in [0.2, 0.25) is 0 Å². The van der Waals surface area contributed by atoms with E-state index in [0.29, 0.717) is 24.6 Å². The molecule has 1 atom stereocenters. The van der Waals surface area contributed by atoms with Gasteiger partial charge in [0.2, 0.25) is 5.89 Å². The van der Waals surface area contributed by atoms with E-state index in [1.165, 1.54) is 0 Å². The van der Waals surface area contributed by atoms with Crippen LogP contribution in [0.15, 0.2) is 27.3 Å². The van der Waals surface area contributed by atoms with Crippen molar-refractivity contribution < 1.29 is 14.0 Å². The predicted octanol–water partition coefficient (Wildman–Crippen LogP) is 1.50. The first-order chi connectivity index (χ1) is 7.25. The maximum atomic E-state index is 9.19. The lowest BCUT2D eigenvalue weighted by Crippen LogP contribution is -1.95. The molecule has 80 valence electrons. The molecule has 2 rings (SSSR count). The van der Waals surface area contributed by atoms with Crippen LogP contribution in [0.5, 0.6) is 0 Å². The number of aliphatic hydroxyl groups excluding tert-OH is 1. The highest BCUT2D eigenvalue weighted by Crippen LogP contribution is 2.10. The number of rotatable bonds is 4. The molecule has 15 heavy (non-hydrogen) atoms. The topological polar surface area (TPSA) is 72.3 Å². The van der Waals surface area contributed by atoms with Crippen LogP contribution in [0.25, 0.3) is 0 Å². The summed E-state index contributed by atoms with van der Waals surface area (Å²) in [5.41, 5.74) is 0. The molecule has 0 aliphatic heterocycles. The van der Waals surface area contributed by atoms with Gasteiger partial charge in [0, 0.05) is 12.8 Å². The molecular weight excluding hydrogens is 196 g/mol. The summed E-state index contributed by atoms with van der Waals surface area (Å²) in [6.07, 6.45) is 2.28. The van der Waals surface area contributed by atoms with Gasteiger partial charge >= 0.3 is 0 Å². The highest BCUT2D eigenvalue weighted by Gasteiger charge is 2.10. The third-order valence-electron chi connectivity index (χ3n) is 2.02. The van der Waals surface area contributed by atoms with Crippen molar-refractivity contribution in [2.75, 3.05) is 0 Å². The van der Waals surface area contributed by atoms with Crippen molar-refractivity contribution in [2.45, 2.75) is 25.9 Å². The van der Waals surface area contributed by atoms with Crippen molar-refractivity contribution in [2.24, 2.45) is 0 Å². The van der Waals surface area contributed by atoms with Gasteiger partial charge in [0.1, 0.15) is 11.9 Å². The summed E-state index contributed by atoms with van der Waals surface area (Å²) in [6.45, 7) is 1.60. The van der Waals surface area contributed by atoms with Gasteiger partial charge in [-0.05, 0) is 19.1 Å². The molecule has 0 spiro atoms. The third kappa shape index (κ3) is 2.44. The molecule has 2 aromatic rings. The van der Waals surface area contributed by atoms with Gasteiger partial charge in [-0.25, -0.2) is 0 Å². The minimum atomic E-state index is -0.689. The van der Waals surface area contributed by atoms with E-state index in [1.54, 1.807) is 13.2 Å². The molecule has 0 amide bonds. The molecule has 2 aromatic heterocycles. The fraction of sp³-hybridized carbons (Fsp3) is 0.400. The molecule has 5 nitrogen and oxygen atoms in total. The van der Waals surface area contributed by atoms with Crippen LogP contribution in [-0.2, 0) is 12.8 Å². The normalized spacial score (nSPS) is 12.9. The minimum Gasteiger partial charge on any atom is -0.469 e. The SMILES string of the molecule is CC(O)c1noc(CCc2ccco2)n1. The summed E-state index contributed by atoms with van der Waals surface area (Å²) < 4.78 is 10.1. The molecule has 0 saturated heterocycles. The predicted molar refractivity (Wildman–Crippen MR) is 51.0 cm³/mol. The molecule has 0 fully saturated rings. The first kappa shape index (κ1) is 9.92. The second kappa shape index (κ2) is 4.27. The lowest BCUT2D eigenvalue weighted by molar-refractivity contribution is 0.184. The first-order valence-corrected chi connectivity index (χ1v) is 4.78. The smallest absolute Gasteiger partial charge is 0.227 e. The standard InChI is InChI=1S/C10H12N2O3/c1-7(13)10-11-9(15-12-10)5-4-8-3-2-6-14-8/h2-3,6-7,13H,4-5H2,1H3. The van der Waals surface area contributed by atoms with E-state index >= 15 is 0 Å². The number of nitrogens with zero attached hydrogens (tertiary/aromatic N) is 2. The number of hydrogen-bond acceptors (Lipinski definition) is 5. The number of hydrogen-bond donors (Lipinski definition) is 1. The third-order valence-corrected chi connectivity index (χ3v) is 2.02. The Kier molecular flexibility index (Phi) is 2.82. The fourth-order valence-corrected chi connectivity index (χ4v) is 1.22. The molecule has 0 bridgehead atoms. The second-order valence-electron chi connectivity index (χ2n) is 3.30. The molecule has 2 heterocycles. The fourth-order valence-electron chi connectivity index (χ4n) is 1.22. The van der Waals surface area contributed by atoms with Gasteiger partial charge in [0.25, 0.3) is 0 Å². The van der Waals surface area contributed by atoms with E-state index in [0.717, 1.165) is 5.76 Å². The second-order valence-corrected chi connectivity index (χ2v) is 3.30. The lowest BCUT2D eigenvalue weighted by Gasteiger charge is -1.92.